The van der Waals surface area contributed by atoms with Crippen molar-refractivity contribution in [2.24, 2.45) is 5.73 Å². The van der Waals surface area contributed by atoms with Gasteiger partial charge in [0, 0.05) is 6.54 Å². The first kappa shape index (κ1) is 10.2. The van der Waals surface area contributed by atoms with Crippen molar-refractivity contribution in [3.8, 4) is 0 Å². The molecule has 0 atom stereocenters. The van der Waals surface area contributed by atoms with Crippen LogP contribution in [0.1, 0.15) is 19.4 Å². The lowest BCUT2D eigenvalue weighted by Gasteiger charge is -1.99. The van der Waals surface area contributed by atoms with E-state index in [9.17, 15) is 0 Å². The quantitative estimate of drug-likeness (QED) is 0.705. The zero-order valence-electron chi connectivity index (χ0n) is 8.38. The Bertz CT molecular complexity index is 283. The van der Waals surface area contributed by atoms with E-state index in [-0.39, 0.29) is 9.52 Å². The first-order chi connectivity index (χ1) is 6.22. The normalized spacial score (nSPS) is 10.7. The molecule has 0 aromatic heterocycles. The van der Waals surface area contributed by atoms with Gasteiger partial charge >= 0.3 is 0 Å². The predicted octanol–water partition coefficient (Wildman–Crippen LogP) is 0.863. The molecule has 2 N–H and O–H groups in total. The fraction of sp³-hybridized carbons (Fsp3) is 0.273. The van der Waals surface area contributed by atoms with Crippen LogP contribution in [0.3, 0.4) is 0 Å². The molecule has 0 bridgehead atoms. The summed E-state index contributed by atoms with van der Waals surface area (Å²) in [5, 5.41) is 1.48. The minimum atomic E-state index is -0.185. The largest absolute Gasteiger partial charge is 0.326 e. The molecule has 0 saturated heterocycles. The summed E-state index contributed by atoms with van der Waals surface area (Å²) in [5.41, 5.74) is 10.5. The van der Waals surface area contributed by atoms with Crippen molar-refractivity contribution >= 4 is 14.7 Å². The van der Waals surface area contributed by atoms with Crippen LogP contribution >= 0.6 is 0 Å². The molecule has 0 aliphatic carbocycles. The van der Waals surface area contributed by atoms with Crippen molar-refractivity contribution in [2.45, 2.75) is 20.4 Å². The zero-order valence-corrected chi connectivity index (χ0v) is 9.79. The van der Waals surface area contributed by atoms with E-state index >= 15 is 0 Å². The third kappa shape index (κ3) is 3.57. The summed E-state index contributed by atoms with van der Waals surface area (Å²) >= 11 is 0. The average molecular weight is 191 g/mol. The van der Waals surface area contributed by atoms with Crippen LogP contribution in [0.15, 0.2) is 35.5 Å². The second kappa shape index (κ2) is 4.99. The lowest BCUT2D eigenvalue weighted by atomic mass is 10.2. The molecule has 0 heterocycles. The first-order valence-electron chi connectivity index (χ1n) is 4.63. The van der Waals surface area contributed by atoms with Crippen molar-refractivity contribution in [1.82, 2.24) is 0 Å². The van der Waals surface area contributed by atoms with Gasteiger partial charge in [-0.1, -0.05) is 40.7 Å². The topological polar surface area (TPSA) is 26.0 Å². The molecular formula is C11H17NSi. The zero-order chi connectivity index (χ0) is 9.68. The third-order valence-corrected chi connectivity index (χ3v) is 3.97. The minimum Gasteiger partial charge on any atom is -0.326 e. The van der Waals surface area contributed by atoms with Gasteiger partial charge in [-0.2, -0.15) is 0 Å². The summed E-state index contributed by atoms with van der Waals surface area (Å²) in [6.45, 7) is 4.95. The molecule has 0 aliphatic rings. The van der Waals surface area contributed by atoms with E-state index < -0.39 is 0 Å². The van der Waals surface area contributed by atoms with E-state index in [0.29, 0.717) is 6.54 Å². The van der Waals surface area contributed by atoms with Gasteiger partial charge in [0.1, 0.15) is 0 Å². The van der Waals surface area contributed by atoms with Crippen LogP contribution in [0.25, 0.3) is 0 Å². The molecule has 1 nitrogen and oxygen atoms in total. The van der Waals surface area contributed by atoms with Crippen molar-refractivity contribution in [3.05, 3.63) is 41.1 Å². The van der Waals surface area contributed by atoms with Crippen LogP contribution in [-0.2, 0) is 6.54 Å². The second-order valence-electron chi connectivity index (χ2n) is 3.51. The molecule has 0 spiro atoms. The molecular weight excluding hydrogens is 174 g/mol. The summed E-state index contributed by atoms with van der Waals surface area (Å²) in [6.07, 6.45) is 0. The maximum absolute atomic E-state index is 5.52. The lowest BCUT2D eigenvalue weighted by Crippen LogP contribution is -2.12. The van der Waals surface area contributed by atoms with Gasteiger partial charge in [0.05, 0.1) is 9.52 Å². The number of rotatable bonds is 3. The summed E-state index contributed by atoms with van der Waals surface area (Å²) in [7, 11) is -0.185. The first-order valence-corrected chi connectivity index (χ1v) is 6.16. The molecule has 1 aromatic carbocycles. The van der Waals surface area contributed by atoms with Crippen LogP contribution in [0.4, 0.5) is 0 Å². The van der Waals surface area contributed by atoms with Gasteiger partial charge in [0.25, 0.3) is 0 Å². The Labute approximate surface area is 82.5 Å². The molecule has 70 valence electrons. The number of allylic oxidation sites excluding steroid dienone is 1. The molecule has 0 radical (unpaired) electrons. The number of benzene rings is 1. The standard InChI is InChI=1S/C11H17NSi/c1-9(2)8-13-11-5-3-10(7-12)4-6-11/h3-6,8H,7,12-13H2,1-2H3. The Hall–Kier alpha value is -0.863. The third-order valence-electron chi connectivity index (χ3n) is 2.00. The second-order valence-corrected chi connectivity index (χ2v) is 5.14. The smallest absolute Gasteiger partial charge is 0.0782 e. The molecule has 2 heteroatoms. The summed E-state index contributed by atoms with van der Waals surface area (Å²) < 4.78 is 0. The molecule has 0 unspecified atom stereocenters. The van der Waals surface area contributed by atoms with E-state index in [1.165, 1.54) is 16.3 Å². The van der Waals surface area contributed by atoms with Gasteiger partial charge in [0.2, 0.25) is 0 Å². The van der Waals surface area contributed by atoms with Gasteiger partial charge in [-0.3, -0.25) is 0 Å². The van der Waals surface area contributed by atoms with Crippen LogP contribution < -0.4 is 10.9 Å². The Morgan fingerprint density at radius 3 is 2.38 bits per heavy atom. The van der Waals surface area contributed by atoms with Crippen molar-refractivity contribution < 1.29 is 0 Å². The Balaban J connectivity index is 2.64. The fourth-order valence-corrected chi connectivity index (χ4v) is 2.29. The minimum absolute atomic E-state index is 0.185. The van der Waals surface area contributed by atoms with Gasteiger partial charge < -0.3 is 5.73 Å². The van der Waals surface area contributed by atoms with E-state index in [1.54, 1.807) is 0 Å². The average Bonchev–Trinajstić information content (AvgIpc) is 2.15. The van der Waals surface area contributed by atoms with Gasteiger partial charge in [-0.05, 0) is 19.4 Å². The van der Waals surface area contributed by atoms with Crippen LogP contribution in [-0.4, -0.2) is 9.52 Å². The highest BCUT2D eigenvalue weighted by atomic mass is 28.2. The summed E-state index contributed by atoms with van der Waals surface area (Å²) in [6, 6.07) is 8.66. The molecule has 1 rings (SSSR count). The van der Waals surface area contributed by atoms with E-state index in [4.69, 9.17) is 5.73 Å². The number of hydrogen-bond acceptors (Lipinski definition) is 1. The summed E-state index contributed by atoms with van der Waals surface area (Å²) in [5.74, 6) is 0. The van der Waals surface area contributed by atoms with Crippen LogP contribution in [0, 0.1) is 0 Å². The Morgan fingerprint density at radius 1 is 1.31 bits per heavy atom. The van der Waals surface area contributed by atoms with Crippen LogP contribution in [0.5, 0.6) is 0 Å². The number of hydrogen-bond donors (Lipinski definition) is 1. The SMILES string of the molecule is CC(C)=C[SiH2]c1ccc(CN)cc1. The van der Waals surface area contributed by atoms with E-state index in [1.807, 2.05) is 0 Å². The molecule has 0 saturated carbocycles. The lowest BCUT2D eigenvalue weighted by molar-refractivity contribution is 1.07. The Kier molecular flexibility index (Phi) is 3.93. The van der Waals surface area contributed by atoms with Crippen LogP contribution in [0.2, 0.25) is 0 Å². The fourth-order valence-electron chi connectivity index (χ4n) is 1.13. The Morgan fingerprint density at radius 2 is 1.92 bits per heavy atom. The number of nitrogens with two attached hydrogens (primary N) is 1. The van der Waals surface area contributed by atoms with E-state index in [2.05, 4.69) is 43.8 Å². The predicted molar refractivity (Wildman–Crippen MR) is 61.9 cm³/mol. The van der Waals surface area contributed by atoms with Gasteiger partial charge in [-0.25, -0.2) is 0 Å². The highest BCUT2D eigenvalue weighted by Crippen LogP contribution is 1.94. The molecule has 1 aromatic rings. The molecule has 0 fully saturated rings. The van der Waals surface area contributed by atoms with Crippen molar-refractivity contribution in [1.29, 1.82) is 0 Å². The molecule has 0 aliphatic heterocycles. The van der Waals surface area contributed by atoms with Crippen molar-refractivity contribution in [3.63, 3.8) is 0 Å². The molecule has 13 heavy (non-hydrogen) atoms. The highest BCUT2D eigenvalue weighted by Gasteiger charge is 1.91. The molecule has 0 amide bonds. The summed E-state index contributed by atoms with van der Waals surface area (Å²) in [4.78, 5) is 0. The monoisotopic (exact) mass is 191 g/mol. The maximum atomic E-state index is 5.52. The highest BCUT2D eigenvalue weighted by molar-refractivity contribution is 6.58. The van der Waals surface area contributed by atoms with Gasteiger partial charge in [0.15, 0.2) is 0 Å². The van der Waals surface area contributed by atoms with Gasteiger partial charge in [-0.15, -0.1) is 0 Å². The maximum Gasteiger partial charge on any atom is 0.0782 e. The van der Waals surface area contributed by atoms with E-state index in [0.717, 1.165) is 0 Å². The van der Waals surface area contributed by atoms with Crippen molar-refractivity contribution in [2.75, 3.05) is 0 Å².